The van der Waals surface area contributed by atoms with E-state index >= 15 is 0 Å². The topological polar surface area (TPSA) is 46.5 Å². The molecule has 1 rings (SSSR count). The lowest BCUT2D eigenvalue weighted by Gasteiger charge is -2.33. The Morgan fingerprint density at radius 2 is 2.07 bits per heavy atom. The fourth-order valence-electron chi connectivity index (χ4n) is 2.27. The number of carboxylic acid groups (broad SMARTS) is 1. The van der Waals surface area contributed by atoms with Crippen molar-refractivity contribution in [2.75, 3.05) is 6.61 Å². The molecule has 14 heavy (non-hydrogen) atoms. The number of carbonyl (C=O) groups is 1. The molecule has 0 bridgehead atoms. The van der Waals surface area contributed by atoms with Crippen LogP contribution in [0.5, 0.6) is 0 Å². The van der Waals surface area contributed by atoms with E-state index in [-0.39, 0.29) is 12.7 Å². The maximum Gasteiger partial charge on any atom is 0.329 e. The van der Waals surface area contributed by atoms with Crippen molar-refractivity contribution in [1.29, 1.82) is 0 Å². The molecular weight excluding hydrogens is 180 g/mol. The molecule has 0 radical (unpaired) electrons. The second kappa shape index (κ2) is 5.35. The molecule has 1 aliphatic carbocycles. The quantitative estimate of drug-likeness (QED) is 0.757. The molecule has 0 amide bonds. The second-order valence-corrected chi connectivity index (χ2v) is 4.44. The zero-order valence-corrected chi connectivity index (χ0v) is 9.03. The fraction of sp³-hybridized carbons (Fsp3) is 0.909. The minimum atomic E-state index is -0.863. The van der Waals surface area contributed by atoms with E-state index in [4.69, 9.17) is 9.84 Å². The van der Waals surface area contributed by atoms with Crippen LogP contribution < -0.4 is 0 Å². The van der Waals surface area contributed by atoms with Gasteiger partial charge in [-0.15, -0.1) is 0 Å². The molecule has 82 valence electrons. The highest BCUT2D eigenvalue weighted by Crippen LogP contribution is 2.32. The van der Waals surface area contributed by atoms with Crippen molar-refractivity contribution in [3.63, 3.8) is 0 Å². The summed E-state index contributed by atoms with van der Waals surface area (Å²) in [7, 11) is 0. The predicted octanol–water partition coefficient (Wildman–Crippen LogP) is 2.30. The molecule has 0 aromatic rings. The van der Waals surface area contributed by atoms with Gasteiger partial charge in [-0.3, -0.25) is 0 Å². The first-order valence-corrected chi connectivity index (χ1v) is 5.44. The lowest BCUT2D eigenvalue weighted by atomic mass is 9.79. The van der Waals surface area contributed by atoms with E-state index in [1.165, 1.54) is 19.3 Å². The first-order chi connectivity index (χ1) is 6.61. The summed E-state index contributed by atoms with van der Waals surface area (Å²) in [6.07, 6.45) is 4.81. The molecule has 0 saturated heterocycles. The lowest BCUT2D eigenvalue weighted by molar-refractivity contribution is -0.147. The van der Waals surface area contributed by atoms with Crippen LogP contribution >= 0.6 is 0 Å². The number of aliphatic carboxylic acids is 1. The third-order valence-electron chi connectivity index (χ3n) is 3.03. The van der Waals surface area contributed by atoms with Crippen LogP contribution in [-0.2, 0) is 9.53 Å². The van der Waals surface area contributed by atoms with E-state index in [1.54, 1.807) is 0 Å². The van der Waals surface area contributed by atoms with E-state index in [9.17, 15) is 4.79 Å². The van der Waals surface area contributed by atoms with Crippen molar-refractivity contribution >= 4 is 5.97 Å². The number of hydrogen-bond acceptors (Lipinski definition) is 2. The predicted molar refractivity (Wildman–Crippen MR) is 54.2 cm³/mol. The summed E-state index contributed by atoms with van der Waals surface area (Å²) in [4.78, 5) is 10.4. The molecule has 3 nitrogen and oxygen atoms in total. The lowest BCUT2D eigenvalue weighted by Crippen LogP contribution is -2.32. The Bertz CT molecular complexity index is 189. The normalized spacial score (nSPS) is 27.9. The molecule has 2 atom stereocenters. The minimum absolute atomic E-state index is 0.145. The summed E-state index contributed by atoms with van der Waals surface area (Å²) in [5, 5.41) is 8.54. The van der Waals surface area contributed by atoms with Crippen molar-refractivity contribution in [2.45, 2.75) is 45.6 Å². The third kappa shape index (κ3) is 3.29. The Labute approximate surface area is 85.5 Å². The van der Waals surface area contributed by atoms with Crippen LogP contribution in [-0.4, -0.2) is 23.8 Å². The summed E-state index contributed by atoms with van der Waals surface area (Å²) >= 11 is 0. The van der Waals surface area contributed by atoms with Crippen LogP contribution in [0.4, 0.5) is 0 Å². The highest BCUT2D eigenvalue weighted by molar-refractivity contribution is 5.68. The molecule has 1 fully saturated rings. The Kier molecular flexibility index (Phi) is 4.39. The third-order valence-corrected chi connectivity index (χ3v) is 3.03. The Morgan fingerprint density at radius 1 is 1.43 bits per heavy atom. The van der Waals surface area contributed by atoms with Gasteiger partial charge in [0, 0.05) is 0 Å². The fourth-order valence-corrected chi connectivity index (χ4v) is 2.27. The Balaban J connectivity index is 2.41. The van der Waals surface area contributed by atoms with Gasteiger partial charge < -0.3 is 9.84 Å². The van der Waals surface area contributed by atoms with Crippen LogP contribution in [0.15, 0.2) is 0 Å². The molecule has 0 spiro atoms. The zero-order valence-electron chi connectivity index (χ0n) is 9.03. The highest BCUT2D eigenvalue weighted by Gasteiger charge is 2.28. The van der Waals surface area contributed by atoms with Gasteiger partial charge in [-0.1, -0.05) is 26.7 Å². The van der Waals surface area contributed by atoms with Crippen LogP contribution in [0.25, 0.3) is 0 Å². The number of hydrogen-bond donors (Lipinski definition) is 1. The Morgan fingerprint density at radius 3 is 2.64 bits per heavy atom. The molecule has 0 aromatic heterocycles. The molecule has 3 heteroatoms. The van der Waals surface area contributed by atoms with E-state index in [0.29, 0.717) is 11.8 Å². The van der Waals surface area contributed by atoms with Crippen molar-refractivity contribution < 1.29 is 14.6 Å². The minimum Gasteiger partial charge on any atom is -0.480 e. The van der Waals surface area contributed by atoms with Crippen molar-refractivity contribution in [3.05, 3.63) is 0 Å². The van der Waals surface area contributed by atoms with Gasteiger partial charge in [0.2, 0.25) is 0 Å². The molecule has 1 N–H and O–H groups in total. The maximum atomic E-state index is 10.4. The molecule has 1 aliphatic rings. The van der Waals surface area contributed by atoms with Crippen LogP contribution in [0, 0.1) is 11.8 Å². The summed E-state index contributed by atoms with van der Waals surface area (Å²) in [5.74, 6) is 0.273. The van der Waals surface area contributed by atoms with Crippen LogP contribution in [0.1, 0.15) is 39.5 Å². The van der Waals surface area contributed by atoms with Crippen LogP contribution in [0.3, 0.4) is 0 Å². The number of carboxylic acids is 1. The van der Waals surface area contributed by atoms with Gasteiger partial charge >= 0.3 is 5.97 Å². The zero-order chi connectivity index (χ0) is 10.6. The van der Waals surface area contributed by atoms with Crippen LogP contribution in [0.2, 0.25) is 0 Å². The highest BCUT2D eigenvalue weighted by atomic mass is 16.5. The number of rotatable bonds is 4. The van der Waals surface area contributed by atoms with Gasteiger partial charge in [-0.05, 0) is 24.7 Å². The second-order valence-electron chi connectivity index (χ2n) is 4.44. The maximum absolute atomic E-state index is 10.4. The van der Waals surface area contributed by atoms with Crippen molar-refractivity contribution in [2.24, 2.45) is 11.8 Å². The van der Waals surface area contributed by atoms with Gasteiger partial charge in [0.15, 0.2) is 0 Å². The van der Waals surface area contributed by atoms with Gasteiger partial charge in [-0.25, -0.2) is 4.79 Å². The average Bonchev–Trinajstić information content (AvgIpc) is 2.15. The average molecular weight is 200 g/mol. The van der Waals surface area contributed by atoms with Crippen molar-refractivity contribution in [3.8, 4) is 0 Å². The van der Waals surface area contributed by atoms with Gasteiger partial charge in [0.25, 0.3) is 0 Å². The molecule has 1 saturated carbocycles. The van der Waals surface area contributed by atoms with Crippen molar-refractivity contribution in [1.82, 2.24) is 0 Å². The standard InChI is InChI=1S/C11H20O3/c1-8(2)9-5-3-4-6-10(9)14-7-11(12)13/h8-10H,3-7H2,1-2H3,(H,12,13)/t9-,10?/m1/s1. The molecule has 0 aliphatic heterocycles. The molecule has 1 unspecified atom stereocenters. The summed E-state index contributed by atoms with van der Waals surface area (Å²) in [6, 6.07) is 0. The van der Waals surface area contributed by atoms with E-state index in [2.05, 4.69) is 13.8 Å². The van der Waals surface area contributed by atoms with Gasteiger partial charge in [-0.2, -0.15) is 0 Å². The van der Waals surface area contributed by atoms with Gasteiger partial charge in [0.1, 0.15) is 6.61 Å². The summed E-state index contributed by atoms with van der Waals surface area (Å²) in [5.41, 5.74) is 0. The first-order valence-electron chi connectivity index (χ1n) is 5.44. The van der Waals surface area contributed by atoms with Gasteiger partial charge in [0.05, 0.1) is 6.10 Å². The smallest absolute Gasteiger partial charge is 0.329 e. The first kappa shape index (κ1) is 11.5. The molecular formula is C11H20O3. The monoisotopic (exact) mass is 200 g/mol. The molecule has 0 aromatic carbocycles. The van der Waals surface area contributed by atoms with E-state index < -0.39 is 5.97 Å². The molecule has 0 heterocycles. The largest absolute Gasteiger partial charge is 0.480 e. The summed E-state index contributed by atoms with van der Waals surface area (Å²) in [6.45, 7) is 4.23. The SMILES string of the molecule is CC(C)[C@H]1CCCCC1OCC(=O)O. The Hall–Kier alpha value is -0.570. The number of ether oxygens (including phenoxy) is 1. The van der Waals surface area contributed by atoms with E-state index in [1.807, 2.05) is 0 Å². The summed E-state index contributed by atoms with van der Waals surface area (Å²) < 4.78 is 5.42. The van der Waals surface area contributed by atoms with E-state index in [0.717, 1.165) is 6.42 Å².